The van der Waals surface area contributed by atoms with Gasteiger partial charge in [-0.2, -0.15) is 0 Å². The summed E-state index contributed by atoms with van der Waals surface area (Å²) in [6.45, 7) is 5.27. The second kappa shape index (κ2) is 11.5. The van der Waals surface area contributed by atoms with Crippen molar-refractivity contribution in [2.45, 2.75) is 74.0 Å². The fraction of sp³-hybridized carbons (Fsp3) is 0.581. The standard InChI is InChI=1S/C31H40N2O5S/c1-3-4-10-17-32-18-12-16-31-24(25-29(37)38-19-11-6-9-15-30(25,2)39-31)27(35)33(26(31)28(32)36)23(21-34)20-22-13-7-5-8-14-22/h5,7-9,12-16,23-26,34H,3-4,6,10-11,17-21H2,1-2H3/b15-9-/t23-,24+,25-,26?,30+,31+/m1/s1. The fourth-order valence-corrected chi connectivity index (χ4v) is 9.04. The lowest BCUT2D eigenvalue weighted by Gasteiger charge is -2.40. The zero-order chi connectivity index (χ0) is 27.6. The molecule has 8 heteroatoms. The number of nitrogens with zero attached hydrogens (tertiary/aromatic N) is 2. The SMILES string of the molecule is CCCCCN1CC=C[C@]23S[C@@]4(C)/C=C\CCCOC(=O)[C@H]4[C@H]2C(=O)N([C@@H](CO)Cc2ccccc2)C3C1=O. The Morgan fingerprint density at radius 2 is 1.87 bits per heavy atom. The van der Waals surface area contributed by atoms with Gasteiger partial charge < -0.3 is 19.6 Å². The molecule has 1 aromatic carbocycles. The lowest BCUT2D eigenvalue weighted by atomic mass is 9.74. The molecule has 39 heavy (non-hydrogen) atoms. The van der Waals surface area contributed by atoms with Crippen LogP contribution >= 0.6 is 11.8 Å². The van der Waals surface area contributed by atoms with Crippen molar-refractivity contribution in [3.05, 3.63) is 60.2 Å². The molecule has 1 spiro atoms. The number of allylic oxidation sites excluding steroid dienone is 1. The number of thioether (sulfide) groups is 1. The third kappa shape index (κ3) is 4.95. The van der Waals surface area contributed by atoms with E-state index in [0.29, 0.717) is 26.1 Å². The summed E-state index contributed by atoms with van der Waals surface area (Å²) in [5.41, 5.74) is 0.981. The number of hydrogen-bond acceptors (Lipinski definition) is 6. The minimum Gasteiger partial charge on any atom is -0.465 e. The summed E-state index contributed by atoms with van der Waals surface area (Å²) in [6, 6.07) is 8.34. The third-order valence-corrected chi connectivity index (χ3v) is 10.5. The number of amides is 2. The van der Waals surface area contributed by atoms with Crippen molar-refractivity contribution in [2.75, 3.05) is 26.3 Å². The van der Waals surface area contributed by atoms with E-state index in [0.717, 1.165) is 37.7 Å². The largest absolute Gasteiger partial charge is 0.465 e. The average molecular weight is 553 g/mol. The summed E-state index contributed by atoms with van der Waals surface area (Å²) in [4.78, 5) is 46.1. The van der Waals surface area contributed by atoms with Crippen LogP contribution in [-0.4, -0.2) is 80.6 Å². The maximum Gasteiger partial charge on any atom is 0.311 e. The number of fused-ring (bicyclic) bond motifs is 2. The number of carbonyl (C=O) groups is 3. The summed E-state index contributed by atoms with van der Waals surface area (Å²) in [7, 11) is 0. The zero-order valence-electron chi connectivity index (χ0n) is 23.0. The number of cyclic esters (lactones) is 1. The van der Waals surface area contributed by atoms with Crippen LogP contribution in [0, 0.1) is 11.8 Å². The fourth-order valence-electron chi connectivity index (χ4n) is 6.90. The highest BCUT2D eigenvalue weighted by Crippen LogP contribution is 2.65. The molecular weight excluding hydrogens is 512 g/mol. The number of unbranched alkanes of at least 4 members (excludes halogenated alkanes) is 2. The van der Waals surface area contributed by atoms with Crippen LogP contribution in [-0.2, 0) is 25.5 Å². The minimum absolute atomic E-state index is 0.0987. The molecule has 4 heterocycles. The van der Waals surface area contributed by atoms with Gasteiger partial charge in [0, 0.05) is 17.8 Å². The van der Waals surface area contributed by atoms with Crippen molar-refractivity contribution in [1.82, 2.24) is 9.80 Å². The molecule has 4 aliphatic heterocycles. The highest BCUT2D eigenvalue weighted by Gasteiger charge is 2.74. The van der Waals surface area contributed by atoms with Crippen LogP contribution in [0.2, 0.25) is 0 Å². The van der Waals surface area contributed by atoms with Gasteiger partial charge in [-0.25, -0.2) is 0 Å². The molecule has 2 fully saturated rings. The molecule has 0 radical (unpaired) electrons. The van der Waals surface area contributed by atoms with Crippen LogP contribution in [0.25, 0.3) is 0 Å². The summed E-state index contributed by atoms with van der Waals surface area (Å²) in [5.74, 6) is -2.20. The van der Waals surface area contributed by atoms with Crippen molar-refractivity contribution >= 4 is 29.5 Å². The molecule has 0 bridgehead atoms. The summed E-state index contributed by atoms with van der Waals surface area (Å²) >= 11 is 1.56. The second-order valence-corrected chi connectivity index (χ2v) is 13.2. The molecule has 1 N–H and O–H groups in total. The number of esters is 1. The molecule has 0 aliphatic carbocycles. The summed E-state index contributed by atoms with van der Waals surface area (Å²) < 4.78 is 4.08. The van der Waals surface area contributed by atoms with Gasteiger partial charge in [-0.3, -0.25) is 14.4 Å². The Morgan fingerprint density at radius 3 is 2.62 bits per heavy atom. The molecule has 210 valence electrons. The predicted octanol–water partition coefficient (Wildman–Crippen LogP) is 3.76. The number of ether oxygens (including phenoxy) is 1. The molecular formula is C31H40N2O5S. The van der Waals surface area contributed by atoms with Crippen molar-refractivity contribution < 1.29 is 24.2 Å². The smallest absolute Gasteiger partial charge is 0.311 e. The van der Waals surface area contributed by atoms with E-state index < -0.39 is 33.4 Å². The molecule has 0 saturated carbocycles. The van der Waals surface area contributed by atoms with E-state index >= 15 is 0 Å². The molecule has 6 atom stereocenters. The number of hydrogen-bond donors (Lipinski definition) is 1. The Labute approximate surface area is 235 Å². The van der Waals surface area contributed by atoms with Gasteiger partial charge in [0.25, 0.3) is 0 Å². The minimum atomic E-state index is -0.931. The first-order chi connectivity index (χ1) is 18.9. The molecule has 4 aliphatic rings. The Bertz CT molecular complexity index is 1140. The summed E-state index contributed by atoms with van der Waals surface area (Å²) in [6.07, 6.45) is 13.1. The van der Waals surface area contributed by atoms with Crippen LogP contribution in [0.4, 0.5) is 0 Å². The van der Waals surface area contributed by atoms with E-state index in [1.165, 1.54) is 0 Å². The van der Waals surface area contributed by atoms with Gasteiger partial charge in [0.2, 0.25) is 11.8 Å². The van der Waals surface area contributed by atoms with Gasteiger partial charge in [0.15, 0.2) is 0 Å². The Balaban J connectivity index is 1.61. The van der Waals surface area contributed by atoms with Crippen LogP contribution < -0.4 is 0 Å². The highest BCUT2D eigenvalue weighted by molar-refractivity contribution is 8.02. The number of carbonyl (C=O) groups excluding carboxylic acids is 3. The van der Waals surface area contributed by atoms with Crippen LogP contribution in [0.5, 0.6) is 0 Å². The molecule has 1 aromatic rings. The van der Waals surface area contributed by atoms with Gasteiger partial charge in [0.05, 0.1) is 35.8 Å². The van der Waals surface area contributed by atoms with E-state index in [9.17, 15) is 19.5 Å². The molecule has 0 aromatic heterocycles. The van der Waals surface area contributed by atoms with Gasteiger partial charge in [0.1, 0.15) is 6.04 Å². The van der Waals surface area contributed by atoms with E-state index in [2.05, 4.69) is 19.1 Å². The van der Waals surface area contributed by atoms with Gasteiger partial charge in [-0.05, 0) is 38.2 Å². The maximum absolute atomic E-state index is 14.6. The van der Waals surface area contributed by atoms with E-state index in [-0.39, 0.29) is 24.4 Å². The first-order valence-corrected chi connectivity index (χ1v) is 15.2. The van der Waals surface area contributed by atoms with Gasteiger partial charge in [-0.15, -0.1) is 11.8 Å². The Kier molecular flexibility index (Phi) is 8.24. The number of aliphatic hydroxyl groups is 1. The second-order valence-electron chi connectivity index (χ2n) is 11.4. The zero-order valence-corrected chi connectivity index (χ0v) is 23.8. The number of benzene rings is 1. The van der Waals surface area contributed by atoms with Crippen LogP contribution in [0.3, 0.4) is 0 Å². The van der Waals surface area contributed by atoms with E-state index in [1.54, 1.807) is 16.7 Å². The molecule has 1 unspecified atom stereocenters. The highest BCUT2D eigenvalue weighted by atomic mass is 32.2. The van der Waals surface area contributed by atoms with E-state index in [1.807, 2.05) is 54.3 Å². The first kappa shape index (κ1) is 28.0. The predicted molar refractivity (Wildman–Crippen MR) is 152 cm³/mol. The molecule has 2 saturated heterocycles. The maximum atomic E-state index is 14.6. The van der Waals surface area contributed by atoms with Gasteiger partial charge in [-0.1, -0.05) is 74.4 Å². The quantitative estimate of drug-likeness (QED) is 0.300. The average Bonchev–Trinajstić information content (AvgIpc) is 3.29. The molecule has 2 amide bonds. The Morgan fingerprint density at radius 1 is 1.08 bits per heavy atom. The Hall–Kier alpha value is -2.58. The lowest BCUT2D eigenvalue weighted by molar-refractivity contribution is -0.154. The number of aliphatic hydroxyl groups excluding tert-OH is 1. The molecule has 7 nitrogen and oxygen atoms in total. The third-order valence-electron chi connectivity index (χ3n) is 8.72. The van der Waals surface area contributed by atoms with Crippen molar-refractivity contribution in [3.63, 3.8) is 0 Å². The first-order valence-electron chi connectivity index (χ1n) is 14.3. The molecule has 5 rings (SSSR count). The van der Waals surface area contributed by atoms with Crippen LogP contribution in [0.15, 0.2) is 54.6 Å². The topological polar surface area (TPSA) is 87.2 Å². The number of rotatable bonds is 8. The van der Waals surface area contributed by atoms with Gasteiger partial charge >= 0.3 is 5.97 Å². The van der Waals surface area contributed by atoms with E-state index in [4.69, 9.17) is 4.74 Å². The van der Waals surface area contributed by atoms with Crippen molar-refractivity contribution in [3.8, 4) is 0 Å². The monoisotopic (exact) mass is 552 g/mol. The summed E-state index contributed by atoms with van der Waals surface area (Å²) in [5, 5.41) is 10.6. The van der Waals surface area contributed by atoms with Crippen LogP contribution in [0.1, 0.15) is 51.5 Å². The lowest BCUT2D eigenvalue weighted by Crippen LogP contribution is -2.57. The normalized spacial score (nSPS) is 33.8. The van der Waals surface area contributed by atoms with Crippen molar-refractivity contribution in [1.29, 1.82) is 0 Å². The van der Waals surface area contributed by atoms with Crippen molar-refractivity contribution in [2.24, 2.45) is 11.8 Å². The number of likely N-dealkylation sites (tertiary alicyclic amines) is 1.